The first-order valence-corrected chi connectivity index (χ1v) is 2.91. The molecule has 9 heavy (non-hydrogen) atoms. The van der Waals surface area contributed by atoms with E-state index >= 15 is 0 Å². The molecule has 0 radical (unpaired) electrons. The maximum atomic E-state index is 5.00. The van der Waals surface area contributed by atoms with Gasteiger partial charge in [-0.2, -0.15) is 0 Å². The molecule has 0 N–H and O–H groups in total. The number of halogens is 2. The van der Waals surface area contributed by atoms with Crippen LogP contribution in [-0.4, -0.2) is 38.8 Å². The van der Waals surface area contributed by atoms with Crippen LogP contribution in [0.4, 0.5) is 0 Å². The van der Waals surface area contributed by atoms with Gasteiger partial charge >= 0.3 is 0 Å². The molecule has 0 aliphatic heterocycles. The van der Waals surface area contributed by atoms with Crippen LogP contribution in [-0.2, 0) is 4.29 Å². The summed E-state index contributed by atoms with van der Waals surface area (Å²) in [4.78, 5) is 0. The first kappa shape index (κ1) is 12.2. The molecule has 0 bridgehead atoms. The van der Waals surface area contributed by atoms with Crippen LogP contribution in [0.2, 0.25) is 0 Å². The number of quaternary nitrogens is 1. The highest BCUT2D eigenvalue weighted by molar-refractivity contribution is 6.07. The van der Waals surface area contributed by atoms with Gasteiger partial charge in [-0.25, -0.2) is 0 Å². The zero-order chi connectivity index (χ0) is 6.62. The summed E-state index contributed by atoms with van der Waals surface area (Å²) in [5, 5.41) is 0. The SMILES string of the molecule is C[N+](C)(C)CCOCl.Cl. The van der Waals surface area contributed by atoms with Gasteiger partial charge in [-0.05, 0) is 0 Å². The quantitative estimate of drug-likeness (QED) is 0.587. The molecule has 0 unspecified atom stereocenters. The van der Waals surface area contributed by atoms with Gasteiger partial charge < -0.3 is 4.48 Å². The summed E-state index contributed by atoms with van der Waals surface area (Å²) in [6, 6.07) is 0. The van der Waals surface area contributed by atoms with E-state index in [0.717, 1.165) is 11.0 Å². The topological polar surface area (TPSA) is 9.23 Å². The maximum Gasteiger partial charge on any atom is 0.117 e. The Kier molecular flexibility index (Phi) is 7.18. The molecule has 0 aromatic rings. The molecule has 2 nitrogen and oxygen atoms in total. The van der Waals surface area contributed by atoms with Crippen molar-refractivity contribution in [3.05, 3.63) is 0 Å². The van der Waals surface area contributed by atoms with Crippen LogP contribution in [0.25, 0.3) is 0 Å². The Hall–Kier alpha value is 0.500. The van der Waals surface area contributed by atoms with E-state index in [1.54, 1.807) is 0 Å². The Morgan fingerprint density at radius 3 is 1.89 bits per heavy atom. The van der Waals surface area contributed by atoms with E-state index in [-0.39, 0.29) is 12.4 Å². The molecule has 0 aromatic heterocycles. The van der Waals surface area contributed by atoms with Crippen molar-refractivity contribution in [3.63, 3.8) is 0 Å². The van der Waals surface area contributed by atoms with Crippen LogP contribution >= 0.6 is 24.3 Å². The van der Waals surface area contributed by atoms with Gasteiger partial charge in [0.15, 0.2) is 0 Å². The van der Waals surface area contributed by atoms with Crippen molar-refractivity contribution < 1.29 is 8.77 Å². The third-order valence-corrected chi connectivity index (χ3v) is 0.994. The van der Waals surface area contributed by atoms with Crippen LogP contribution in [0.1, 0.15) is 0 Å². The molecule has 0 fully saturated rings. The minimum atomic E-state index is 0. The molecule has 0 saturated carbocycles. The van der Waals surface area contributed by atoms with Crippen molar-refractivity contribution in [1.29, 1.82) is 0 Å². The molecule has 0 atom stereocenters. The highest BCUT2D eigenvalue weighted by atomic mass is 35.5. The van der Waals surface area contributed by atoms with Crippen molar-refractivity contribution in [2.45, 2.75) is 0 Å². The fourth-order valence-corrected chi connectivity index (χ4v) is 0.377. The first-order valence-electron chi connectivity index (χ1n) is 2.60. The van der Waals surface area contributed by atoms with Crippen LogP contribution in [0.5, 0.6) is 0 Å². The Morgan fingerprint density at radius 2 is 1.78 bits per heavy atom. The summed E-state index contributed by atoms with van der Waals surface area (Å²) in [5.74, 6) is 0. The van der Waals surface area contributed by atoms with Gasteiger partial charge in [0.1, 0.15) is 13.2 Å². The molecule has 0 aliphatic carbocycles. The molecule has 58 valence electrons. The predicted octanol–water partition coefficient (Wildman–Crippen LogP) is 1.28. The fourth-order valence-electron chi connectivity index (χ4n) is 0.308. The van der Waals surface area contributed by atoms with Gasteiger partial charge in [-0.1, -0.05) is 0 Å². The van der Waals surface area contributed by atoms with Gasteiger partial charge in [0.05, 0.1) is 33.0 Å². The summed E-state index contributed by atoms with van der Waals surface area (Å²) in [6.45, 7) is 1.56. The normalized spacial score (nSPS) is 10.7. The van der Waals surface area contributed by atoms with Crippen molar-refractivity contribution in [2.75, 3.05) is 34.3 Å². The second-order valence-electron chi connectivity index (χ2n) is 2.83. The minimum absolute atomic E-state index is 0. The van der Waals surface area contributed by atoms with Crippen molar-refractivity contribution in [3.8, 4) is 0 Å². The van der Waals surface area contributed by atoms with Crippen LogP contribution in [0.3, 0.4) is 0 Å². The molecule has 0 rings (SSSR count). The average Bonchev–Trinajstić information content (AvgIpc) is 1.59. The molecule has 0 amide bonds. The second kappa shape index (κ2) is 5.30. The number of hydrogen-bond donors (Lipinski definition) is 0. The molecule has 0 spiro atoms. The lowest BCUT2D eigenvalue weighted by Crippen LogP contribution is -2.37. The number of likely N-dealkylation sites (N-methyl/N-ethyl adjacent to an activating group) is 1. The molecule has 0 heterocycles. The van der Waals surface area contributed by atoms with Crippen LogP contribution in [0, 0.1) is 0 Å². The maximum absolute atomic E-state index is 5.00. The molecule has 0 saturated heterocycles. The molecular weight excluding hydrogens is 161 g/mol. The van der Waals surface area contributed by atoms with Gasteiger partial charge in [0.25, 0.3) is 0 Å². The lowest BCUT2D eigenvalue weighted by molar-refractivity contribution is -0.870. The Balaban J connectivity index is 0. The van der Waals surface area contributed by atoms with E-state index in [1.807, 2.05) is 0 Å². The molecule has 4 heteroatoms. The van der Waals surface area contributed by atoms with E-state index in [2.05, 4.69) is 25.4 Å². The van der Waals surface area contributed by atoms with Gasteiger partial charge in [-0.15, -0.1) is 12.4 Å². The third kappa shape index (κ3) is 11.9. The average molecular weight is 175 g/mol. The van der Waals surface area contributed by atoms with Crippen molar-refractivity contribution in [1.82, 2.24) is 0 Å². The molecule has 0 aliphatic rings. The van der Waals surface area contributed by atoms with E-state index in [1.165, 1.54) is 0 Å². The monoisotopic (exact) mass is 174 g/mol. The van der Waals surface area contributed by atoms with E-state index in [9.17, 15) is 0 Å². The van der Waals surface area contributed by atoms with Gasteiger partial charge in [0, 0.05) is 0 Å². The van der Waals surface area contributed by atoms with Gasteiger partial charge in [0.2, 0.25) is 0 Å². The summed E-state index contributed by atoms with van der Waals surface area (Å²) in [5.41, 5.74) is 0. The Labute approximate surface area is 67.9 Å². The zero-order valence-corrected chi connectivity index (χ0v) is 7.63. The van der Waals surface area contributed by atoms with Crippen LogP contribution < -0.4 is 0 Å². The third-order valence-electron chi connectivity index (χ3n) is 0.839. The number of hydrogen-bond acceptors (Lipinski definition) is 1. The minimum Gasteiger partial charge on any atom is -0.329 e. The highest BCUT2D eigenvalue weighted by Gasteiger charge is 2.04. The zero-order valence-electron chi connectivity index (χ0n) is 6.06. The summed E-state index contributed by atoms with van der Waals surface area (Å²) >= 11 is 5.00. The number of rotatable bonds is 3. The lowest BCUT2D eigenvalue weighted by atomic mass is 10.5. The highest BCUT2D eigenvalue weighted by Crippen LogP contribution is 1.89. The molecular formula is C5H14Cl2NO+. The lowest BCUT2D eigenvalue weighted by Gasteiger charge is -2.22. The van der Waals surface area contributed by atoms with E-state index in [4.69, 9.17) is 11.9 Å². The van der Waals surface area contributed by atoms with Crippen molar-refractivity contribution >= 4 is 24.3 Å². The number of nitrogens with zero attached hydrogens (tertiary/aromatic N) is 1. The summed E-state index contributed by atoms with van der Waals surface area (Å²) < 4.78 is 5.27. The first-order chi connectivity index (χ1) is 3.56. The van der Waals surface area contributed by atoms with Gasteiger partial charge in [-0.3, -0.25) is 4.29 Å². The predicted molar refractivity (Wildman–Crippen MR) is 42.0 cm³/mol. The standard InChI is InChI=1S/C5H13ClNO.ClH/c1-7(2,3)4-5-8-6;/h4-5H2,1-3H3;1H/q+1;. The second-order valence-corrected chi connectivity index (χ2v) is 3.05. The summed E-state index contributed by atoms with van der Waals surface area (Å²) in [7, 11) is 6.28. The largest absolute Gasteiger partial charge is 0.329 e. The van der Waals surface area contributed by atoms with E-state index in [0.29, 0.717) is 6.61 Å². The fraction of sp³-hybridized carbons (Fsp3) is 1.00. The van der Waals surface area contributed by atoms with Crippen molar-refractivity contribution in [2.24, 2.45) is 0 Å². The van der Waals surface area contributed by atoms with Crippen LogP contribution in [0.15, 0.2) is 0 Å². The smallest absolute Gasteiger partial charge is 0.117 e. The summed E-state index contributed by atoms with van der Waals surface area (Å²) in [6.07, 6.45) is 0. The molecule has 0 aromatic carbocycles. The van der Waals surface area contributed by atoms with E-state index < -0.39 is 0 Å². The Morgan fingerprint density at radius 1 is 1.33 bits per heavy atom. The Bertz CT molecular complexity index is 62.5.